The summed E-state index contributed by atoms with van der Waals surface area (Å²) in [4.78, 5) is 13.0. The number of amides is 1. The summed E-state index contributed by atoms with van der Waals surface area (Å²) in [5, 5.41) is 6.53. The molecule has 0 bridgehead atoms. The first-order valence-corrected chi connectivity index (χ1v) is 11.9. The third-order valence-corrected chi connectivity index (χ3v) is 5.84. The number of nitrogens with one attached hydrogen (secondary N) is 2. The van der Waals surface area contributed by atoms with E-state index in [-0.39, 0.29) is 11.3 Å². The van der Waals surface area contributed by atoms with E-state index in [1.165, 1.54) is 11.1 Å². The van der Waals surface area contributed by atoms with Crippen LogP contribution in [0.2, 0.25) is 0 Å². The summed E-state index contributed by atoms with van der Waals surface area (Å²) in [6.45, 7) is 11.0. The maximum atomic E-state index is 13.0. The molecule has 0 aliphatic carbocycles. The second-order valence-corrected chi connectivity index (χ2v) is 10.2. The molecule has 1 aliphatic rings. The van der Waals surface area contributed by atoms with Crippen LogP contribution in [-0.2, 0) is 11.3 Å². The van der Waals surface area contributed by atoms with Crippen molar-refractivity contribution in [1.82, 2.24) is 5.32 Å². The van der Waals surface area contributed by atoms with Crippen LogP contribution in [0.3, 0.4) is 0 Å². The number of fused-ring (bicyclic) bond motifs is 1. The van der Waals surface area contributed by atoms with Gasteiger partial charge in [0.25, 0.3) is 5.91 Å². The fourth-order valence-electron chi connectivity index (χ4n) is 3.93. The maximum absolute atomic E-state index is 13.0. The Morgan fingerprint density at radius 1 is 0.941 bits per heavy atom. The summed E-state index contributed by atoms with van der Waals surface area (Å²) < 4.78 is 5.93. The predicted octanol–water partition coefficient (Wildman–Crippen LogP) is 6.60. The third kappa shape index (κ3) is 6.36. The smallest absolute Gasteiger partial charge is 0.251 e. The topological polar surface area (TPSA) is 50.4 Å². The van der Waals surface area contributed by atoms with Crippen molar-refractivity contribution < 1.29 is 9.53 Å². The van der Waals surface area contributed by atoms with Gasteiger partial charge in [0.1, 0.15) is 5.75 Å². The van der Waals surface area contributed by atoms with Gasteiger partial charge in [0.05, 0.1) is 6.61 Å². The average molecular weight is 455 g/mol. The SMILES string of the molecule is Cc1ccc(-c2ccc3c(c2)C=C(C(=O)Nc2ccc(CNCC(C)(C)C)cc2)CCO3)cc1. The minimum atomic E-state index is -0.0872. The number of ether oxygens (including phenoxy) is 1. The van der Waals surface area contributed by atoms with Crippen molar-refractivity contribution in [3.63, 3.8) is 0 Å². The molecule has 1 aliphatic heterocycles. The lowest BCUT2D eigenvalue weighted by atomic mass is 9.97. The maximum Gasteiger partial charge on any atom is 0.251 e. The van der Waals surface area contributed by atoms with Crippen LogP contribution in [0, 0.1) is 12.3 Å². The Morgan fingerprint density at radius 3 is 2.35 bits per heavy atom. The first kappa shape index (κ1) is 23.8. The summed E-state index contributed by atoms with van der Waals surface area (Å²) in [5.74, 6) is 0.724. The average Bonchev–Trinajstić information content (AvgIpc) is 3.02. The molecule has 0 aromatic heterocycles. The monoisotopic (exact) mass is 454 g/mol. The first-order valence-electron chi connectivity index (χ1n) is 11.9. The van der Waals surface area contributed by atoms with E-state index in [4.69, 9.17) is 4.74 Å². The Hall–Kier alpha value is -3.37. The van der Waals surface area contributed by atoms with Crippen molar-refractivity contribution in [2.45, 2.75) is 40.7 Å². The van der Waals surface area contributed by atoms with Gasteiger partial charge < -0.3 is 15.4 Å². The van der Waals surface area contributed by atoms with Gasteiger partial charge >= 0.3 is 0 Å². The van der Waals surface area contributed by atoms with E-state index in [1.54, 1.807) is 0 Å². The number of carbonyl (C=O) groups is 1. The van der Waals surface area contributed by atoms with Gasteiger partial charge in [-0.3, -0.25) is 4.79 Å². The lowest BCUT2D eigenvalue weighted by molar-refractivity contribution is -0.113. The molecule has 0 spiro atoms. The molecule has 3 aromatic rings. The van der Waals surface area contributed by atoms with E-state index in [1.807, 2.05) is 24.3 Å². The molecule has 0 unspecified atom stereocenters. The van der Waals surface area contributed by atoms with Crippen LogP contribution in [-0.4, -0.2) is 19.1 Å². The van der Waals surface area contributed by atoms with Crippen LogP contribution in [0.4, 0.5) is 5.69 Å². The molecule has 3 aromatic carbocycles. The molecule has 1 heterocycles. The van der Waals surface area contributed by atoms with E-state index >= 15 is 0 Å². The number of hydrogen-bond acceptors (Lipinski definition) is 3. The molecule has 4 nitrogen and oxygen atoms in total. The highest BCUT2D eigenvalue weighted by Crippen LogP contribution is 2.31. The Labute approximate surface area is 203 Å². The molecule has 0 radical (unpaired) electrons. The van der Waals surface area contributed by atoms with Crippen molar-refractivity contribution in [2.24, 2.45) is 5.41 Å². The number of anilines is 1. The number of rotatable bonds is 6. The Balaban J connectivity index is 1.45. The second kappa shape index (κ2) is 10.3. The highest BCUT2D eigenvalue weighted by atomic mass is 16.5. The van der Waals surface area contributed by atoms with Crippen molar-refractivity contribution in [2.75, 3.05) is 18.5 Å². The van der Waals surface area contributed by atoms with Crippen molar-refractivity contribution in [3.8, 4) is 16.9 Å². The van der Waals surface area contributed by atoms with Crippen LogP contribution in [0.15, 0.2) is 72.3 Å². The number of hydrogen-bond donors (Lipinski definition) is 2. The summed E-state index contributed by atoms with van der Waals surface area (Å²) in [5.41, 5.74) is 7.38. The minimum absolute atomic E-state index is 0.0872. The summed E-state index contributed by atoms with van der Waals surface area (Å²) in [6.07, 6.45) is 2.52. The normalized spacial score (nSPS) is 13.4. The molecular weight excluding hydrogens is 420 g/mol. The van der Waals surface area contributed by atoms with Gasteiger partial charge in [0.2, 0.25) is 0 Å². The van der Waals surface area contributed by atoms with E-state index in [2.05, 4.69) is 86.9 Å². The van der Waals surface area contributed by atoms with E-state index in [0.717, 1.165) is 46.8 Å². The molecule has 0 saturated carbocycles. The Kier molecular flexibility index (Phi) is 7.18. The highest BCUT2D eigenvalue weighted by Gasteiger charge is 2.16. The minimum Gasteiger partial charge on any atom is -0.493 e. The zero-order valence-electron chi connectivity index (χ0n) is 20.6. The zero-order chi connectivity index (χ0) is 24.1. The van der Waals surface area contributed by atoms with Gasteiger partial charge in [-0.1, -0.05) is 68.8 Å². The molecule has 4 heteroatoms. The lowest BCUT2D eigenvalue weighted by Gasteiger charge is -2.18. The van der Waals surface area contributed by atoms with Crippen molar-refractivity contribution >= 4 is 17.7 Å². The van der Waals surface area contributed by atoms with Gasteiger partial charge in [-0.2, -0.15) is 0 Å². The van der Waals surface area contributed by atoms with Gasteiger partial charge in [-0.25, -0.2) is 0 Å². The fourth-order valence-corrected chi connectivity index (χ4v) is 3.93. The third-order valence-electron chi connectivity index (χ3n) is 5.84. The van der Waals surface area contributed by atoms with Crippen molar-refractivity contribution in [1.29, 1.82) is 0 Å². The zero-order valence-corrected chi connectivity index (χ0v) is 20.6. The number of aryl methyl sites for hydroxylation is 1. The van der Waals surface area contributed by atoms with Gasteiger partial charge in [0.15, 0.2) is 0 Å². The molecule has 0 atom stereocenters. The van der Waals surface area contributed by atoms with Gasteiger partial charge in [-0.05, 0) is 59.4 Å². The lowest BCUT2D eigenvalue weighted by Crippen LogP contribution is -2.26. The van der Waals surface area contributed by atoms with Gasteiger partial charge in [-0.15, -0.1) is 0 Å². The van der Waals surface area contributed by atoms with Crippen LogP contribution in [0.5, 0.6) is 5.75 Å². The summed E-state index contributed by atoms with van der Waals surface area (Å²) in [6, 6.07) is 22.6. The molecule has 4 rings (SSSR count). The van der Waals surface area contributed by atoms with Crippen LogP contribution >= 0.6 is 0 Å². The Bertz CT molecular complexity index is 1170. The summed E-state index contributed by atoms with van der Waals surface area (Å²) in [7, 11) is 0. The van der Waals surface area contributed by atoms with E-state index in [9.17, 15) is 4.79 Å². The van der Waals surface area contributed by atoms with Crippen LogP contribution in [0.25, 0.3) is 17.2 Å². The largest absolute Gasteiger partial charge is 0.493 e. The molecule has 176 valence electrons. The standard InChI is InChI=1S/C30H34N2O2/c1-21-5-9-23(10-6-21)24-11-14-28-26(17-24)18-25(15-16-34-28)29(33)32-27-12-7-22(8-13-27)19-31-20-30(2,3)4/h5-14,17-18,31H,15-16,19-20H2,1-4H3,(H,32,33). The number of carbonyl (C=O) groups excluding carboxylic acids is 1. The predicted molar refractivity (Wildman–Crippen MR) is 141 cm³/mol. The van der Waals surface area contributed by atoms with Crippen LogP contribution in [0.1, 0.15) is 43.9 Å². The van der Waals surface area contributed by atoms with Crippen LogP contribution < -0.4 is 15.4 Å². The molecule has 34 heavy (non-hydrogen) atoms. The number of benzene rings is 3. The molecular formula is C30H34N2O2. The molecule has 2 N–H and O–H groups in total. The highest BCUT2D eigenvalue weighted by molar-refractivity contribution is 6.07. The van der Waals surface area contributed by atoms with Gasteiger partial charge in [0, 0.05) is 36.3 Å². The molecule has 0 fully saturated rings. The fraction of sp³-hybridized carbons (Fsp3) is 0.300. The quantitative estimate of drug-likeness (QED) is 0.441. The van der Waals surface area contributed by atoms with Crippen molar-refractivity contribution in [3.05, 3.63) is 89.0 Å². The van der Waals surface area contributed by atoms with E-state index in [0.29, 0.717) is 13.0 Å². The Morgan fingerprint density at radius 2 is 1.65 bits per heavy atom. The first-order chi connectivity index (χ1) is 16.3. The van der Waals surface area contributed by atoms with E-state index < -0.39 is 0 Å². The molecule has 1 amide bonds. The molecule has 0 saturated heterocycles. The summed E-state index contributed by atoms with van der Waals surface area (Å²) >= 11 is 0. The second-order valence-electron chi connectivity index (χ2n) is 10.2.